The van der Waals surface area contributed by atoms with E-state index in [-0.39, 0.29) is 19.3 Å². The Labute approximate surface area is 665 Å². The Kier molecular flexibility index (Phi) is 79.8. The number of hydrogen-bond acceptors (Lipinski definition) is 14. The Morgan fingerprint density at radius 1 is 0.266 bits per heavy atom. The Morgan fingerprint density at radius 3 is 0.771 bits per heavy atom. The van der Waals surface area contributed by atoms with Gasteiger partial charge in [0.05, 0.1) is 26.4 Å². The van der Waals surface area contributed by atoms with Crippen LogP contribution >= 0.6 is 15.6 Å². The van der Waals surface area contributed by atoms with Crippen LogP contribution in [0.15, 0.2) is 134 Å². The standard InChI is InChI=1S/C91H158O16P2/c1-4-7-10-13-16-19-22-24-26-28-30-32-34-36-38-39-40-41-42-43-44-45-47-49-50-52-54-56-58-60-63-65-68-71-74-77-89(94)101-80-86(92)81-103-108(97,98)104-82-87(93)83-105-109(99,100)106-85-88(107-91(96)79-76-73-70-67-62-21-18-15-12-9-6-3)84-102-90(95)78-75-72-69-66-64-61-59-57-55-53-51-48-46-37-35-33-31-29-27-25-23-20-17-14-11-8-5-2/h7-8,10-11,16-17,19-20,24-27,30-33,36-38,40-41,46,86-88,92-93H,4-6,9,12-15,18,21-23,28-29,34-35,39,42-45,47-85H2,1-3H3,(H,97,98)(H,99,100)/b10-7-,11-8-,19-16-,20-17-,26-24-,27-25-,32-30-,33-31-,38-36-,41-40-,46-37-. The van der Waals surface area contributed by atoms with Crippen molar-refractivity contribution in [3.63, 3.8) is 0 Å². The summed E-state index contributed by atoms with van der Waals surface area (Å²) in [7, 11) is -9.78. The van der Waals surface area contributed by atoms with Crippen molar-refractivity contribution < 1.29 is 75.8 Å². The van der Waals surface area contributed by atoms with E-state index in [0.717, 1.165) is 148 Å². The molecule has 0 radical (unpaired) electrons. The molecule has 0 aromatic carbocycles. The van der Waals surface area contributed by atoms with E-state index in [9.17, 15) is 43.5 Å². The number of allylic oxidation sites excluding steroid dienone is 22. The average molecular weight is 1570 g/mol. The van der Waals surface area contributed by atoms with Gasteiger partial charge in [-0.1, -0.05) is 366 Å². The summed E-state index contributed by atoms with van der Waals surface area (Å²) >= 11 is 0. The molecule has 0 spiro atoms. The first-order chi connectivity index (χ1) is 53.2. The van der Waals surface area contributed by atoms with E-state index in [1.807, 2.05) is 0 Å². The zero-order valence-electron chi connectivity index (χ0n) is 68.9. The molecule has 0 bridgehead atoms. The summed E-state index contributed by atoms with van der Waals surface area (Å²) in [5, 5.41) is 20.7. The predicted octanol–water partition coefficient (Wildman–Crippen LogP) is 26.2. The van der Waals surface area contributed by atoms with E-state index < -0.39 is 91.5 Å². The lowest BCUT2D eigenvalue weighted by Gasteiger charge is -2.21. The molecule has 109 heavy (non-hydrogen) atoms. The first-order valence-corrected chi connectivity index (χ1v) is 46.5. The Morgan fingerprint density at radius 2 is 0.486 bits per heavy atom. The summed E-state index contributed by atoms with van der Waals surface area (Å²) in [5.41, 5.74) is 0. The van der Waals surface area contributed by atoms with Crippen LogP contribution in [0.1, 0.15) is 367 Å². The van der Waals surface area contributed by atoms with Gasteiger partial charge in [-0.25, -0.2) is 9.13 Å². The third kappa shape index (κ3) is 84.4. The molecule has 0 aliphatic rings. The molecule has 0 amide bonds. The van der Waals surface area contributed by atoms with Crippen molar-refractivity contribution in [2.45, 2.75) is 386 Å². The van der Waals surface area contributed by atoms with Crippen LogP contribution in [0.4, 0.5) is 0 Å². The highest BCUT2D eigenvalue weighted by Crippen LogP contribution is 2.45. The van der Waals surface area contributed by atoms with E-state index >= 15 is 0 Å². The van der Waals surface area contributed by atoms with E-state index in [0.29, 0.717) is 19.3 Å². The second-order valence-corrected chi connectivity index (χ2v) is 31.8. The number of rotatable bonds is 82. The minimum absolute atomic E-state index is 0.106. The Bertz CT molecular complexity index is 2510. The molecule has 628 valence electrons. The van der Waals surface area contributed by atoms with Gasteiger partial charge in [-0.2, -0.15) is 0 Å². The van der Waals surface area contributed by atoms with Crippen molar-refractivity contribution >= 4 is 33.6 Å². The summed E-state index contributed by atoms with van der Waals surface area (Å²) in [4.78, 5) is 58.7. The van der Waals surface area contributed by atoms with E-state index in [1.54, 1.807) is 0 Å². The number of aliphatic hydroxyl groups is 2. The molecule has 5 unspecified atom stereocenters. The van der Waals surface area contributed by atoms with E-state index in [1.165, 1.54) is 161 Å². The van der Waals surface area contributed by atoms with Crippen molar-refractivity contribution in [3.05, 3.63) is 134 Å². The molecule has 4 N–H and O–H groups in total. The van der Waals surface area contributed by atoms with Crippen LogP contribution in [0.25, 0.3) is 0 Å². The molecule has 0 heterocycles. The molecule has 18 heteroatoms. The molecule has 0 fully saturated rings. The number of carbonyl (C=O) groups excluding carboxylic acids is 3. The lowest BCUT2D eigenvalue weighted by molar-refractivity contribution is -0.161. The zero-order valence-corrected chi connectivity index (χ0v) is 70.7. The van der Waals surface area contributed by atoms with Crippen LogP contribution in [0.3, 0.4) is 0 Å². The lowest BCUT2D eigenvalue weighted by atomic mass is 10.0. The molecular weight excluding hydrogens is 1410 g/mol. The van der Waals surface area contributed by atoms with Crippen LogP contribution in [-0.2, 0) is 55.8 Å². The van der Waals surface area contributed by atoms with Gasteiger partial charge in [-0.15, -0.1) is 0 Å². The number of phosphoric ester groups is 2. The zero-order chi connectivity index (χ0) is 79.4. The molecular formula is C91H158O16P2. The maximum Gasteiger partial charge on any atom is 0.472 e. The van der Waals surface area contributed by atoms with Gasteiger partial charge in [-0.05, 0) is 116 Å². The number of unbranched alkanes of at least 4 members (excludes halogenated alkanes) is 37. The van der Waals surface area contributed by atoms with Gasteiger partial charge >= 0.3 is 33.6 Å². The average Bonchev–Trinajstić information content (AvgIpc) is 0.903. The Hall–Kier alpha value is -4.31. The molecule has 0 aliphatic carbocycles. The van der Waals surface area contributed by atoms with Crippen molar-refractivity contribution in [1.82, 2.24) is 0 Å². The van der Waals surface area contributed by atoms with Crippen molar-refractivity contribution in [3.8, 4) is 0 Å². The molecule has 5 atom stereocenters. The molecule has 0 rings (SSSR count). The first kappa shape index (κ1) is 105. The number of hydrogen-bond donors (Lipinski definition) is 4. The third-order valence-corrected chi connectivity index (χ3v) is 20.3. The highest BCUT2D eigenvalue weighted by Gasteiger charge is 2.29. The number of aliphatic hydroxyl groups excluding tert-OH is 2. The van der Waals surface area contributed by atoms with E-state index in [2.05, 4.69) is 154 Å². The van der Waals surface area contributed by atoms with Crippen LogP contribution in [-0.4, -0.2) is 95.9 Å². The van der Waals surface area contributed by atoms with Crippen molar-refractivity contribution in [2.75, 3.05) is 39.6 Å². The van der Waals surface area contributed by atoms with Crippen molar-refractivity contribution in [2.24, 2.45) is 0 Å². The predicted molar refractivity (Wildman–Crippen MR) is 454 cm³/mol. The van der Waals surface area contributed by atoms with Gasteiger partial charge in [0.2, 0.25) is 0 Å². The van der Waals surface area contributed by atoms with Crippen LogP contribution in [0.2, 0.25) is 0 Å². The summed E-state index contributed by atoms with van der Waals surface area (Å²) in [6, 6.07) is 0. The Balaban J connectivity index is 4.34. The molecule has 0 aliphatic heterocycles. The van der Waals surface area contributed by atoms with E-state index in [4.69, 9.17) is 32.3 Å². The molecule has 0 aromatic rings. The summed E-state index contributed by atoms with van der Waals surface area (Å²) in [6.45, 7) is 2.48. The van der Waals surface area contributed by atoms with Gasteiger partial charge in [0.15, 0.2) is 6.10 Å². The van der Waals surface area contributed by atoms with Crippen LogP contribution in [0.5, 0.6) is 0 Å². The molecule has 16 nitrogen and oxygen atoms in total. The van der Waals surface area contributed by atoms with Gasteiger partial charge in [0.25, 0.3) is 0 Å². The summed E-state index contributed by atoms with van der Waals surface area (Å²) in [5.74, 6) is -1.56. The van der Waals surface area contributed by atoms with Gasteiger partial charge in [-0.3, -0.25) is 32.5 Å². The van der Waals surface area contributed by atoms with Crippen molar-refractivity contribution in [1.29, 1.82) is 0 Å². The first-order valence-electron chi connectivity index (χ1n) is 43.5. The fraction of sp³-hybridized carbons (Fsp3) is 0.725. The third-order valence-electron chi connectivity index (χ3n) is 18.4. The quantitative estimate of drug-likeness (QED) is 0.0146. The second-order valence-electron chi connectivity index (χ2n) is 28.9. The lowest BCUT2D eigenvalue weighted by Crippen LogP contribution is -2.30. The smallest absolute Gasteiger partial charge is 0.463 e. The molecule has 0 saturated heterocycles. The number of ether oxygens (including phenoxy) is 3. The maximum absolute atomic E-state index is 12.9. The number of carbonyl (C=O) groups is 3. The largest absolute Gasteiger partial charge is 0.472 e. The summed E-state index contributed by atoms with van der Waals surface area (Å²) < 4.78 is 61.2. The van der Waals surface area contributed by atoms with Crippen LogP contribution < -0.4 is 0 Å². The van der Waals surface area contributed by atoms with Gasteiger partial charge in [0.1, 0.15) is 25.4 Å². The van der Waals surface area contributed by atoms with Crippen LogP contribution in [0, 0.1) is 0 Å². The summed E-state index contributed by atoms with van der Waals surface area (Å²) in [6.07, 6.45) is 102. The fourth-order valence-electron chi connectivity index (χ4n) is 11.8. The highest BCUT2D eigenvalue weighted by atomic mass is 31.2. The normalized spacial score (nSPS) is 14.5. The molecule has 0 saturated carbocycles. The maximum atomic E-state index is 12.9. The second kappa shape index (κ2) is 83.1. The topological polar surface area (TPSA) is 231 Å². The highest BCUT2D eigenvalue weighted by molar-refractivity contribution is 7.47. The fourth-order valence-corrected chi connectivity index (χ4v) is 13.4. The SMILES string of the molecule is CC/C=C\C/C=C\C/C=C\C/C=C\C/C=C\C/C=C\CCCCCCCCCCCCCCCCCCC(=O)OCC(O)COP(=O)(O)OCC(O)COP(=O)(O)OCC(COC(=O)CCCCCCCCCCCCC/C=C\C/C=C\C/C=C\C/C=C\C/C=C\CC)OC(=O)CCCCCCCCCCCCC. The number of phosphoric acid groups is 2. The van der Waals surface area contributed by atoms with Gasteiger partial charge in [0, 0.05) is 19.3 Å². The van der Waals surface area contributed by atoms with Gasteiger partial charge < -0.3 is 34.2 Å². The minimum atomic E-state index is -4.93. The monoisotopic (exact) mass is 1570 g/mol. The molecule has 0 aromatic heterocycles. The minimum Gasteiger partial charge on any atom is -0.463 e. The number of esters is 3.